The van der Waals surface area contributed by atoms with E-state index in [9.17, 15) is 4.79 Å². The molecule has 3 aromatic rings. The van der Waals surface area contributed by atoms with Crippen molar-refractivity contribution < 1.29 is 4.79 Å². The van der Waals surface area contributed by atoms with Crippen LogP contribution >= 0.6 is 23.1 Å². The molecule has 1 saturated heterocycles. The van der Waals surface area contributed by atoms with Gasteiger partial charge in [-0.3, -0.25) is 4.79 Å². The monoisotopic (exact) mass is 357 g/mol. The first-order chi connectivity index (χ1) is 11.8. The molecule has 0 unspecified atom stereocenters. The Hall–Kier alpha value is -1.66. The summed E-state index contributed by atoms with van der Waals surface area (Å²) in [7, 11) is 0. The number of thiophene rings is 1. The molecule has 0 atom stereocenters. The summed E-state index contributed by atoms with van der Waals surface area (Å²) in [4.78, 5) is 23.4. The molecule has 0 N–H and O–H groups in total. The van der Waals surface area contributed by atoms with Crippen molar-refractivity contribution in [3.63, 3.8) is 0 Å². The Bertz CT molecular complexity index is 869. The second-order valence-corrected chi connectivity index (χ2v) is 8.05. The second-order valence-electron chi connectivity index (χ2n) is 6.04. The largest absolute Gasteiger partial charge is 0.342 e. The Kier molecular flexibility index (Phi) is 4.67. The van der Waals surface area contributed by atoms with E-state index in [0.29, 0.717) is 5.75 Å². The number of rotatable bonds is 3. The Balaban J connectivity index is 1.55. The maximum Gasteiger partial charge on any atom is 0.232 e. The number of likely N-dealkylation sites (tertiary alicyclic amines) is 1. The lowest BCUT2D eigenvalue weighted by molar-refractivity contribution is -0.128. The minimum atomic E-state index is 0.231. The van der Waals surface area contributed by atoms with E-state index < -0.39 is 0 Å². The zero-order chi connectivity index (χ0) is 16.4. The van der Waals surface area contributed by atoms with Gasteiger partial charge in [0.05, 0.1) is 16.0 Å². The smallest absolute Gasteiger partial charge is 0.232 e. The van der Waals surface area contributed by atoms with Crippen molar-refractivity contribution in [3.8, 4) is 0 Å². The highest BCUT2D eigenvalue weighted by molar-refractivity contribution is 8.00. The number of amides is 1. The normalized spacial score (nSPS) is 15.8. The molecule has 1 fully saturated rings. The fraction of sp³-hybridized carbons (Fsp3) is 0.389. The van der Waals surface area contributed by atoms with E-state index in [1.807, 2.05) is 17.0 Å². The molecule has 124 valence electrons. The quantitative estimate of drug-likeness (QED) is 0.517. The van der Waals surface area contributed by atoms with Crippen LogP contribution in [0.1, 0.15) is 25.7 Å². The number of carbonyl (C=O) groups is 1. The van der Waals surface area contributed by atoms with Crippen LogP contribution < -0.4 is 0 Å². The van der Waals surface area contributed by atoms with E-state index in [2.05, 4.69) is 22.1 Å². The Labute approximate surface area is 149 Å². The molecule has 6 heteroatoms. The van der Waals surface area contributed by atoms with Gasteiger partial charge in [0, 0.05) is 23.2 Å². The molecule has 0 aliphatic carbocycles. The number of fused-ring (bicyclic) bond motifs is 3. The Morgan fingerprint density at radius 3 is 2.75 bits per heavy atom. The molecular formula is C18H19N3OS2. The lowest BCUT2D eigenvalue weighted by Crippen LogP contribution is -2.33. The van der Waals surface area contributed by atoms with Crippen LogP contribution in [0.25, 0.3) is 20.3 Å². The highest BCUT2D eigenvalue weighted by Crippen LogP contribution is 2.36. The maximum atomic E-state index is 12.5. The van der Waals surface area contributed by atoms with Gasteiger partial charge in [-0.2, -0.15) is 0 Å². The van der Waals surface area contributed by atoms with Crippen LogP contribution in [-0.2, 0) is 4.79 Å². The number of hydrogen-bond donors (Lipinski definition) is 0. The van der Waals surface area contributed by atoms with Gasteiger partial charge in [0.1, 0.15) is 11.4 Å². The van der Waals surface area contributed by atoms with Crippen molar-refractivity contribution >= 4 is 49.3 Å². The summed E-state index contributed by atoms with van der Waals surface area (Å²) in [6, 6.07) is 8.28. The Morgan fingerprint density at radius 1 is 1.12 bits per heavy atom. The fourth-order valence-electron chi connectivity index (χ4n) is 3.15. The van der Waals surface area contributed by atoms with E-state index in [0.717, 1.165) is 41.2 Å². The molecule has 4 rings (SSSR count). The average molecular weight is 358 g/mol. The molecule has 1 aromatic carbocycles. The van der Waals surface area contributed by atoms with Crippen molar-refractivity contribution in [3.05, 3.63) is 30.6 Å². The van der Waals surface area contributed by atoms with E-state index in [1.165, 1.54) is 22.9 Å². The van der Waals surface area contributed by atoms with Crippen molar-refractivity contribution in [2.24, 2.45) is 0 Å². The maximum absolute atomic E-state index is 12.5. The molecule has 0 radical (unpaired) electrons. The fourth-order valence-corrected chi connectivity index (χ4v) is 5.28. The number of hydrogen-bond acceptors (Lipinski definition) is 5. The van der Waals surface area contributed by atoms with Gasteiger partial charge in [0.2, 0.25) is 5.91 Å². The third-order valence-corrected chi connectivity index (χ3v) is 6.69. The minimum Gasteiger partial charge on any atom is -0.342 e. The summed E-state index contributed by atoms with van der Waals surface area (Å²) >= 11 is 3.25. The molecular weight excluding hydrogens is 338 g/mol. The lowest BCUT2D eigenvalue weighted by Gasteiger charge is -2.19. The predicted octanol–water partition coefficient (Wildman–Crippen LogP) is 4.34. The van der Waals surface area contributed by atoms with Gasteiger partial charge in [0.25, 0.3) is 0 Å². The van der Waals surface area contributed by atoms with Crippen LogP contribution in [-0.4, -0.2) is 39.6 Å². The average Bonchev–Trinajstić information content (AvgIpc) is 2.80. The van der Waals surface area contributed by atoms with Gasteiger partial charge in [-0.15, -0.1) is 11.3 Å². The molecule has 0 spiro atoms. The number of carbonyl (C=O) groups excluding carboxylic acids is 1. The van der Waals surface area contributed by atoms with Crippen LogP contribution in [0, 0.1) is 0 Å². The molecule has 3 heterocycles. The number of thioether (sulfide) groups is 1. The summed E-state index contributed by atoms with van der Waals surface area (Å²) in [5.74, 6) is 0.690. The van der Waals surface area contributed by atoms with Gasteiger partial charge >= 0.3 is 0 Å². The summed E-state index contributed by atoms with van der Waals surface area (Å²) in [6.45, 7) is 1.81. The lowest BCUT2D eigenvalue weighted by atomic mass is 10.2. The molecule has 1 aliphatic rings. The first-order valence-electron chi connectivity index (χ1n) is 8.36. The zero-order valence-corrected chi connectivity index (χ0v) is 15.0. The zero-order valence-electron chi connectivity index (χ0n) is 13.4. The first kappa shape index (κ1) is 15.8. The van der Waals surface area contributed by atoms with E-state index in [-0.39, 0.29) is 5.91 Å². The Morgan fingerprint density at radius 2 is 1.92 bits per heavy atom. The standard InChI is InChI=1S/C18H19N3OS2/c22-15(21-9-5-1-2-6-10-21)11-23-18-17-16(19-12-20-18)13-7-3-4-8-14(13)24-17/h3-4,7-8,12H,1-2,5-6,9-11H2. The van der Waals surface area contributed by atoms with E-state index in [1.54, 1.807) is 29.4 Å². The van der Waals surface area contributed by atoms with Crippen molar-refractivity contribution in [1.82, 2.24) is 14.9 Å². The molecule has 0 bridgehead atoms. The van der Waals surface area contributed by atoms with Gasteiger partial charge in [-0.05, 0) is 18.9 Å². The molecule has 0 saturated carbocycles. The predicted molar refractivity (Wildman–Crippen MR) is 101 cm³/mol. The third kappa shape index (κ3) is 3.13. The highest BCUT2D eigenvalue weighted by atomic mass is 32.2. The number of nitrogens with zero attached hydrogens (tertiary/aromatic N) is 3. The molecule has 1 amide bonds. The topological polar surface area (TPSA) is 46.1 Å². The second kappa shape index (κ2) is 7.07. The van der Waals surface area contributed by atoms with Gasteiger partial charge in [-0.25, -0.2) is 9.97 Å². The number of benzene rings is 1. The highest BCUT2D eigenvalue weighted by Gasteiger charge is 2.17. The van der Waals surface area contributed by atoms with Gasteiger partial charge in [-0.1, -0.05) is 42.8 Å². The van der Waals surface area contributed by atoms with Crippen LogP contribution in [0.5, 0.6) is 0 Å². The summed E-state index contributed by atoms with van der Waals surface area (Å²) in [5, 5.41) is 2.09. The van der Waals surface area contributed by atoms with Crippen LogP contribution in [0.4, 0.5) is 0 Å². The molecule has 4 nitrogen and oxygen atoms in total. The van der Waals surface area contributed by atoms with Gasteiger partial charge < -0.3 is 4.90 Å². The SMILES string of the molecule is O=C(CSc1ncnc2c1sc1ccccc12)N1CCCCCC1. The summed E-state index contributed by atoms with van der Waals surface area (Å²) in [6.07, 6.45) is 6.35. The molecule has 1 aliphatic heterocycles. The minimum absolute atomic E-state index is 0.231. The summed E-state index contributed by atoms with van der Waals surface area (Å²) in [5.41, 5.74) is 0.996. The van der Waals surface area contributed by atoms with E-state index >= 15 is 0 Å². The van der Waals surface area contributed by atoms with Crippen LogP contribution in [0.2, 0.25) is 0 Å². The van der Waals surface area contributed by atoms with Crippen LogP contribution in [0.3, 0.4) is 0 Å². The van der Waals surface area contributed by atoms with Crippen molar-refractivity contribution in [2.45, 2.75) is 30.7 Å². The first-order valence-corrected chi connectivity index (χ1v) is 10.2. The summed E-state index contributed by atoms with van der Waals surface area (Å²) < 4.78 is 2.31. The van der Waals surface area contributed by atoms with Crippen molar-refractivity contribution in [2.75, 3.05) is 18.8 Å². The number of aromatic nitrogens is 2. The van der Waals surface area contributed by atoms with Gasteiger partial charge in [0.15, 0.2) is 0 Å². The van der Waals surface area contributed by atoms with Crippen LogP contribution in [0.15, 0.2) is 35.6 Å². The third-order valence-electron chi connectivity index (χ3n) is 4.42. The molecule has 2 aromatic heterocycles. The van der Waals surface area contributed by atoms with Crippen molar-refractivity contribution in [1.29, 1.82) is 0 Å². The molecule has 24 heavy (non-hydrogen) atoms. The van der Waals surface area contributed by atoms with E-state index in [4.69, 9.17) is 0 Å².